The fourth-order valence-electron chi connectivity index (χ4n) is 3.71. The van der Waals surface area contributed by atoms with Crippen LogP contribution in [0.4, 0.5) is 5.69 Å². The molecule has 1 atom stereocenters. The normalized spacial score (nSPS) is 12.3. The molecule has 0 aromatic heterocycles. The number of amides is 2. The molecule has 0 bridgehead atoms. The molecule has 7 nitrogen and oxygen atoms in total. The van der Waals surface area contributed by atoms with E-state index in [1.807, 2.05) is 64.1 Å². The zero-order chi connectivity index (χ0) is 25.5. The summed E-state index contributed by atoms with van der Waals surface area (Å²) in [5.41, 5.74) is 3.62. The number of nitrogens with one attached hydrogen (secondary N) is 1. The summed E-state index contributed by atoms with van der Waals surface area (Å²) in [5.74, 6) is -0.404. The molecule has 1 unspecified atom stereocenters. The molecule has 0 aliphatic rings. The van der Waals surface area contributed by atoms with Gasteiger partial charge in [-0.05, 0) is 58.7 Å². The van der Waals surface area contributed by atoms with Crippen LogP contribution in [0.5, 0.6) is 0 Å². The molecule has 0 saturated heterocycles. The van der Waals surface area contributed by atoms with E-state index in [4.69, 9.17) is 0 Å². The van der Waals surface area contributed by atoms with Crippen molar-refractivity contribution in [1.82, 2.24) is 10.2 Å². The summed E-state index contributed by atoms with van der Waals surface area (Å²) in [6.07, 6.45) is 1.63. The van der Waals surface area contributed by atoms with Crippen LogP contribution in [0.25, 0.3) is 0 Å². The lowest BCUT2D eigenvalue weighted by atomic mass is 10.1. The van der Waals surface area contributed by atoms with Crippen LogP contribution in [0.15, 0.2) is 48.5 Å². The van der Waals surface area contributed by atoms with Crippen molar-refractivity contribution in [3.8, 4) is 0 Å². The van der Waals surface area contributed by atoms with E-state index in [9.17, 15) is 18.0 Å². The number of nitrogens with zero attached hydrogens (tertiary/aromatic N) is 2. The second-order valence-electron chi connectivity index (χ2n) is 9.12. The minimum Gasteiger partial charge on any atom is -0.352 e. The van der Waals surface area contributed by atoms with Gasteiger partial charge in [-0.1, -0.05) is 47.5 Å². The van der Waals surface area contributed by atoms with Gasteiger partial charge in [-0.25, -0.2) is 8.42 Å². The minimum atomic E-state index is -3.50. The third-order valence-electron chi connectivity index (χ3n) is 5.51. The molecule has 0 saturated carbocycles. The van der Waals surface area contributed by atoms with E-state index in [0.29, 0.717) is 18.7 Å². The van der Waals surface area contributed by atoms with Crippen LogP contribution in [0.2, 0.25) is 0 Å². The van der Waals surface area contributed by atoms with Crippen molar-refractivity contribution in [1.29, 1.82) is 0 Å². The number of hydrogen-bond donors (Lipinski definition) is 1. The molecular weight excluding hydrogens is 450 g/mol. The lowest BCUT2D eigenvalue weighted by Crippen LogP contribution is -2.49. The number of rotatable bonds is 11. The monoisotopic (exact) mass is 487 g/mol. The third-order valence-corrected chi connectivity index (χ3v) is 6.70. The maximum absolute atomic E-state index is 13.3. The molecule has 186 valence electrons. The summed E-state index contributed by atoms with van der Waals surface area (Å²) >= 11 is 0. The van der Waals surface area contributed by atoms with Gasteiger partial charge in [0.15, 0.2) is 0 Å². The molecule has 34 heavy (non-hydrogen) atoms. The first-order valence-corrected chi connectivity index (χ1v) is 13.4. The molecule has 2 aromatic rings. The van der Waals surface area contributed by atoms with Crippen LogP contribution < -0.4 is 9.62 Å². The molecule has 1 N–H and O–H groups in total. The molecule has 0 spiro atoms. The Morgan fingerprint density at radius 1 is 0.971 bits per heavy atom. The number of benzene rings is 2. The van der Waals surface area contributed by atoms with Gasteiger partial charge in [0.25, 0.3) is 0 Å². The smallest absolute Gasteiger partial charge is 0.242 e. The number of carbonyl (C=O) groups is 2. The molecule has 2 rings (SSSR count). The van der Waals surface area contributed by atoms with Gasteiger partial charge in [-0.15, -0.1) is 0 Å². The standard InChI is InChI=1S/C26H37N3O4S/c1-19(2)27-26(31)22(5)28(18-23-10-7-9-21(4)17-23)25(30)11-8-16-29(34(6,32)33)24-14-12-20(3)13-15-24/h7,9-10,12-15,17,19,22H,8,11,16,18H2,1-6H3,(H,27,31). The average molecular weight is 488 g/mol. The zero-order valence-electron chi connectivity index (χ0n) is 21.0. The molecule has 2 amide bonds. The third kappa shape index (κ3) is 8.17. The second-order valence-corrected chi connectivity index (χ2v) is 11.0. The SMILES string of the molecule is Cc1ccc(N(CCCC(=O)N(Cc2cccc(C)c2)C(C)C(=O)NC(C)C)S(C)(=O)=O)cc1. The van der Waals surface area contributed by atoms with Crippen molar-refractivity contribution in [3.05, 3.63) is 65.2 Å². The van der Waals surface area contributed by atoms with Gasteiger partial charge in [-0.2, -0.15) is 0 Å². The van der Waals surface area contributed by atoms with Gasteiger partial charge in [0, 0.05) is 25.6 Å². The van der Waals surface area contributed by atoms with Crippen LogP contribution in [-0.2, 0) is 26.2 Å². The Hall–Kier alpha value is -2.87. The Morgan fingerprint density at radius 3 is 2.18 bits per heavy atom. The van der Waals surface area contributed by atoms with Gasteiger partial charge in [0.2, 0.25) is 21.8 Å². The number of sulfonamides is 1. The van der Waals surface area contributed by atoms with Crippen LogP contribution in [0.3, 0.4) is 0 Å². The van der Waals surface area contributed by atoms with Crippen LogP contribution in [0, 0.1) is 13.8 Å². The van der Waals surface area contributed by atoms with Gasteiger partial charge < -0.3 is 10.2 Å². The predicted octanol–water partition coefficient (Wildman–Crippen LogP) is 3.79. The van der Waals surface area contributed by atoms with E-state index >= 15 is 0 Å². The van der Waals surface area contributed by atoms with Crippen molar-refractivity contribution < 1.29 is 18.0 Å². The van der Waals surface area contributed by atoms with Gasteiger partial charge >= 0.3 is 0 Å². The number of anilines is 1. The highest BCUT2D eigenvalue weighted by atomic mass is 32.2. The van der Waals surface area contributed by atoms with Gasteiger partial charge in [-0.3, -0.25) is 13.9 Å². The molecule has 0 aliphatic heterocycles. The first-order valence-electron chi connectivity index (χ1n) is 11.6. The molecule has 0 radical (unpaired) electrons. The molecule has 8 heteroatoms. The van der Waals surface area contributed by atoms with Crippen molar-refractivity contribution >= 4 is 27.5 Å². The quantitative estimate of drug-likeness (QED) is 0.522. The van der Waals surface area contributed by atoms with E-state index in [1.54, 1.807) is 24.0 Å². The molecule has 2 aromatic carbocycles. The number of carbonyl (C=O) groups excluding carboxylic acids is 2. The Morgan fingerprint density at radius 2 is 1.62 bits per heavy atom. The maximum atomic E-state index is 13.3. The first-order chi connectivity index (χ1) is 15.9. The van der Waals surface area contributed by atoms with E-state index in [0.717, 1.165) is 22.9 Å². The lowest BCUT2D eigenvalue weighted by Gasteiger charge is -2.30. The summed E-state index contributed by atoms with van der Waals surface area (Å²) in [5, 5.41) is 2.87. The Kier molecular flexibility index (Phi) is 9.67. The highest BCUT2D eigenvalue weighted by Gasteiger charge is 2.27. The van der Waals surface area contributed by atoms with Crippen LogP contribution in [0.1, 0.15) is 50.3 Å². The van der Waals surface area contributed by atoms with Crippen LogP contribution >= 0.6 is 0 Å². The topological polar surface area (TPSA) is 86.8 Å². The van der Waals surface area contributed by atoms with Crippen molar-refractivity contribution in [2.45, 2.75) is 66.1 Å². The number of aryl methyl sites for hydroxylation is 2. The van der Waals surface area contributed by atoms with Crippen molar-refractivity contribution in [2.24, 2.45) is 0 Å². The Balaban J connectivity index is 2.16. The summed E-state index contributed by atoms with van der Waals surface area (Å²) in [6, 6.07) is 14.4. The van der Waals surface area contributed by atoms with Crippen molar-refractivity contribution in [2.75, 3.05) is 17.1 Å². The second kappa shape index (κ2) is 12.0. The van der Waals surface area contributed by atoms with Gasteiger partial charge in [0.1, 0.15) is 6.04 Å². The van der Waals surface area contributed by atoms with E-state index in [-0.39, 0.29) is 30.8 Å². The highest BCUT2D eigenvalue weighted by Crippen LogP contribution is 2.20. The lowest BCUT2D eigenvalue weighted by molar-refractivity contribution is -0.140. The van der Waals surface area contributed by atoms with E-state index in [2.05, 4.69) is 5.32 Å². The predicted molar refractivity (Wildman–Crippen MR) is 137 cm³/mol. The molecule has 0 heterocycles. The number of hydrogen-bond acceptors (Lipinski definition) is 4. The van der Waals surface area contributed by atoms with Crippen molar-refractivity contribution in [3.63, 3.8) is 0 Å². The summed E-state index contributed by atoms with van der Waals surface area (Å²) < 4.78 is 26.1. The largest absolute Gasteiger partial charge is 0.352 e. The summed E-state index contributed by atoms with van der Waals surface area (Å²) in [7, 11) is -3.50. The summed E-state index contributed by atoms with van der Waals surface area (Å²) in [4.78, 5) is 27.5. The zero-order valence-corrected chi connectivity index (χ0v) is 21.9. The van der Waals surface area contributed by atoms with E-state index in [1.165, 1.54) is 4.31 Å². The van der Waals surface area contributed by atoms with Gasteiger partial charge in [0.05, 0.1) is 11.9 Å². The minimum absolute atomic E-state index is 0.0382. The fourth-order valence-corrected chi connectivity index (χ4v) is 4.68. The fraction of sp³-hybridized carbons (Fsp3) is 0.462. The maximum Gasteiger partial charge on any atom is 0.242 e. The molecular formula is C26H37N3O4S. The average Bonchev–Trinajstić information content (AvgIpc) is 2.74. The Labute approximate surface area is 204 Å². The molecule has 0 aliphatic carbocycles. The summed E-state index contributed by atoms with van der Waals surface area (Å²) in [6.45, 7) is 9.88. The Bertz CT molecular complexity index is 1080. The van der Waals surface area contributed by atoms with Crippen LogP contribution in [-0.4, -0.2) is 50.0 Å². The highest BCUT2D eigenvalue weighted by molar-refractivity contribution is 7.92. The first kappa shape index (κ1) is 27.4. The van der Waals surface area contributed by atoms with E-state index < -0.39 is 16.1 Å². The molecule has 0 fully saturated rings.